The normalized spacial score (nSPS) is 12.9. The van der Waals surface area contributed by atoms with Gasteiger partial charge in [0.1, 0.15) is 0 Å². The summed E-state index contributed by atoms with van der Waals surface area (Å²) in [5, 5.41) is 11.5. The Morgan fingerprint density at radius 1 is 1.39 bits per heavy atom. The van der Waals surface area contributed by atoms with E-state index < -0.39 is 11.9 Å². The number of nitrogens with zero attached hydrogens (tertiary/aromatic N) is 1. The zero-order valence-electron chi connectivity index (χ0n) is 11.8. The van der Waals surface area contributed by atoms with Crippen molar-refractivity contribution in [1.82, 2.24) is 10.2 Å². The van der Waals surface area contributed by atoms with E-state index in [1.807, 2.05) is 0 Å². The minimum Gasteiger partial charge on any atom is -0.481 e. The van der Waals surface area contributed by atoms with E-state index in [-0.39, 0.29) is 17.3 Å². The summed E-state index contributed by atoms with van der Waals surface area (Å²) < 4.78 is 0.189. The molecule has 2 amide bonds. The number of thioether (sulfide) groups is 1. The highest BCUT2D eigenvalue weighted by molar-refractivity contribution is 8.00. The molecule has 0 saturated heterocycles. The van der Waals surface area contributed by atoms with Gasteiger partial charge in [0.05, 0.1) is 5.92 Å². The van der Waals surface area contributed by atoms with Crippen LogP contribution in [-0.4, -0.2) is 52.6 Å². The van der Waals surface area contributed by atoms with E-state index in [1.54, 1.807) is 25.7 Å². The Morgan fingerprint density at radius 2 is 1.94 bits per heavy atom. The van der Waals surface area contributed by atoms with Crippen LogP contribution in [-0.2, 0) is 4.79 Å². The zero-order valence-corrected chi connectivity index (χ0v) is 12.6. The van der Waals surface area contributed by atoms with Gasteiger partial charge in [0, 0.05) is 30.6 Å². The molecule has 106 valence electrons. The van der Waals surface area contributed by atoms with Crippen LogP contribution in [0.2, 0.25) is 0 Å². The Balaban J connectivity index is 3.85. The number of carbonyl (C=O) groups excluding carboxylic acids is 1. The summed E-state index contributed by atoms with van der Waals surface area (Å²) in [7, 11) is 1.60. The smallest absolute Gasteiger partial charge is 0.317 e. The summed E-state index contributed by atoms with van der Waals surface area (Å²) in [5.41, 5.74) is 0. The Bertz CT molecular complexity index is 290. The number of carboxylic acids is 1. The Labute approximate surface area is 113 Å². The van der Waals surface area contributed by atoms with Crippen molar-refractivity contribution in [2.75, 3.05) is 25.9 Å². The highest BCUT2D eigenvalue weighted by atomic mass is 32.2. The van der Waals surface area contributed by atoms with Crippen LogP contribution in [0.15, 0.2) is 0 Å². The fourth-order valence-electron chi connectivity index (χ4n) is 1.22. The number of rotatable bonds is 6. The van der Waals surface area contributed by atoms with Gasteiger partial charge in [-0.15, -0.1) is 0 Å². The number of urea groups is 1. The average molecular weight is 276 g/mol. The quantitative estimate of drug-likeness (QED) is 0.727. The Hall–Kier alpha value is -0.910. The largest absolute Gasteiger partial charge is 0.481 e. The number of aliphatic carboxylic acids is 1. The number of carbonyl (C=O) groups is 2. The molecule has 0 aliphatic carbocycles. The molecule has 0 aliphatic heterocycles. The first-order chi connectivity index (χ1) is 8.13. The molecule has 0 fully saturated rings. The number of hydrogen-bond acceptors (Lipinski definition) is 3. The van der Waals surface area contributed by atoms with Crippen molar-refractivity contribution in [3.63, 3.8) is 0 Å². The Kier molecular flexibility index (Phi) is 7.13. The average Bonchev–Trinajstić information content (AvgIpc) is 2.22. The van der Waals surface area contributed by atoms with Crippen molar-refractivity contribution in [3.05, 3.63) is 0 Å². The number of amides is 2. The predicted molar refractivity (Wildman–Crippen MR) is 75.0 cm³/mol. The molecule has 0 rings (SSSR count). The molecule has 5 nitrogen and oxygen atoms in total. The number of hydrogen-bond donors (Lipinski definition) is 2. The van der Waals surface area contributed by atoms with Crippen molar-refractivity contribution >= 4 is 23.8 Å². The lowest BCUT2D eigenvalue weighted by Crippen LogP contribution is -2.41. The molecule has 18 heavy (non-hydrogen) atoms. The topological polar surface area (TPSA) is 69.6 Å². The molecule has 0 aromatic heterocycles. The number of carboxylic acid groups (broad SMARTS) is 1. The van der Waals surface area contributed by atoms with Crippen molar-refractivity contribution < 1.29 is 14.7 Å². The van der Waals surface area contributed by atoms with Crippen LogP contribution in [0, 0.1) is 5.92 Å². The summed E-state index contributed by atoms with van der Waals surface area (Å²) >= 11 is 1.78. The van der Waals surface area contributed by atoms with Crippen molar-refractivity contribution in [2.45, 2.75) is 32.4 Å². The summed E-state index contributed by atoms with van der Waals surface area (Å²) in [6.07, 6.45) is 0. The second kappa shape index (κ2) is 7.51. The Morgan fingerprint density at radius 3 is 2.39 bits per heavy atom. The van der Waals surface area contributed by atoms with Crippen LogP contribution >= 0.6 is 11.8 Å². The standard InChI is InChI=1S/C12H24N2O3S/c1-9(10(15)16)8-14(5)11(17)13-6-7-18-12(2,3)4/h9H,6-8H2,1-5H3,(H,13,17)(H,15,16). The van der Waals surface area contributed by atoms with E-state index in [4.69, 9.17) is 5.11 Å². The van der Waals surface area contributed by atoms with Gasteiger partial charge in [-0.3, -0.25) is 4.79 Å². The van der Waals surface area contributed by atoms with Gasteiger partial charge in [0.25, 0.3) is 0 Å². The van der Waals surface area contributed by atoms with Gasteiger partial charge in [-0.1, -0.05) is 27.7 Å². The molecule has 0 aliphatic rings. The van der Waals surface area contributed by atoms with Gasteiger partial charge >= 0.3 is 12.0 Å². The summed E-state index contributed by atoms with van der Waals surface area (Å²) in [6.45, 7) is 8.77. The van der Waals surface area contributed by atoms with E-state index in [1.165, 1.54) is 4.90 Å². The van der Waals surface area contributed by atoms with Crippen molar-refractivity contribution in [1.29, 1.82) is 0 Å². The molecular formula is C12H24N2O3S. The van der Waals surface area contributed by atoms with E-state index >= 15 is 0 Å². The number of nitrogens with one attached hydrogen (secondary N) is 1. The lowest BCUT2D eigenvalue weighted by Gasteiger charge is -2.21. The van der Waals surface area contributed by atoms with Gasteiger partial charge in [0.15, 0.2) is 0 Å². The molecule has 1 unspecified atom stereocenters. The third kappa shape index (κ3) is 8.22. The monoisotopic (exact) mass is 276 g/mol. The van der Waals surface area contributed by atoms with Crippen LogP contribution in [0.4, 0.5) is 4.79 Å². The lowest BCUT2D eigenvalue weighted by atomic mass is 10.2. The minimum atomic E-state index is -0.891. The van der Waals surface area contributed by atoms with E-state index in [0.717, 1.165) is 5.75 Å². The van der Waals surface area contributed by atoms with Gasteiger partial charge in [-0.2, -0.15) is 11.8 Å². The SMILES string of the molecule is CC(CN(C)C(=O)NCCSC(C)(C)C)C(=O)O. The van der Waals surface area contributed by atoms with Crippen molar-refractivity contribution in [2.24, 2.45) is 5.92 Å². The summed E-state index contributed by atoms with van der Waals surface area (Å²) in [4.78, 5) is 23.7. The van der Waals surface area contributed by atoms with Gasteiger partial charge in [-0.05, 0) is 0 Å². The second-order valence-corrected chi connectivity index (χ2v) is 7.23. The van der Waals surface area contributed by atoms with E-state index in [9.17, 15) is 9.59 Å². The van der Waals surface area contributed by atoms with Gasteiger partial charge in [-0.25, -0.2) is 4.79 Å². The molecular weight excluding hydrogens is 252 g/mol. The fraction of sp³-hybridized carbons (Fsp3) is 0.833. The first-order valence-corrected chi connectivity index (χ1v) is 6.98. The second-order valence-electron chi connectivity index (χ2n) is 5.31. The molecule has 0 spiro atoms. The summed E-state index contributed by atoms with van der Waals surface area (Å²) in [5.74, 6) is -0.597. The van der Waals surface area contributed by atoms with Crippen LogP contribution < -0.4 is 5.32 Å². The molecule has 0 radical (unpaired) electrons. The lowest BCUT2D eigenvalue weighted by molar-refractivity contribution is -0.141. The van der Waals surface area contributed by atoms with E-state index in [2.05, 4.69) is 26.1 Å². The highest BCUT2D eigenvalue weighted by Gasteiger charge is 2.17. The molecule has 0 saturated carbocycles. The maximum atomic E-state index is 11.6. The highest BCUT2D eigenvalue weighted by Crippen LogP contribution is 2.21. The molecule has 0 aromatic carbocycles. The van der Waals surface area contributed by atoms with Crippen molar-refractivity contribution in [3.8, 4) is 0 Å². The third-order valence-electron chi connectivity index (χ3n) is 2.23. The predicted octanol–water partition coefficient (Wildman–Crippen LogP) is 1.88. The summed E-state index contributed by atoms with van der Waals surface area (Å²) in [6, 6.07) is -0.224. The first-order valence-electron chi connectivity index (χ1n) is 5.99. The van der Waals surface area contributed by atoms with Crippen LogP contribution in [0.5, 0.6) is 0 Å². The van der Waals surface area contributed by atoms with E-state index in [0.29, 0.717) is 6.54 Å². The van der Waals surface area contributed by atoms with Gasteiger partial charge in [0.2, 0.25) is 0 Å². The third-order valence-corrected chi connectivity index (χ3v) is 3.50. The maximum absolute atomic E-state index is 11.6. The molecule has 0 aromatic rings. The zero-order chi connectivity index (χ0) is 14.3. The molecule has 1 atom stereocenters. The fourth-order valence-corrected chi connectivity index (χ4v) is 2.04. The molecule has 0 heterocycles. The van der Waals surface area contributed by atoms with Crippen LogP contribution in [0.1, 0.15) is 27.7 Å². The molecule has 0 bridgehead atoms. The van der Waals surface area contributed by atoms with Crippen LogP contribution in [0.25, 0.3) is 0 Å². The van der Waals surface area contributed by atoms with Gasteiger partial charge < -0.3 is 15.3 Å². The maximum Gasteiger partial charge on any atom is 0.317 e. The molecule has 6 heteroatoms. The minimum absolute atomic E-state index is 0.189. The molecule has 2 N–H and O–H groups in total. The first kappa shape index (κ1) is 17.1. The van der Waals surface area contributed by atoms with Crippen LogP contribution in [0.3, 0.4) is 0 Å².